The van der Waals surface area contributed by atoms with Gasteiger partial charge in [-0.2, -0.15) is 0 Å². The van der Waals surface area contributed by atoms with Gasteiger partial charge in [-0.05, 0) is 29.9 Å². The van der Waals surface area contributed by atoms with Gasteiger partial charge in [-0.15, -0.1) is 0 Å². The molecule has 0 aliphatic rings. The van der Waals surface area contributed by atoms with Crippen molar-refractivity contribution in [1.82, 2.24) is 5.32 Å². The molecule has 2 N–H and O–H groups in total. The number of hydrogen-bond donors (Lipinski definition) is 2. The fraction of sp³-hybridized carbons (Fsp3) is 0.500. The Morgan fingerprint density at radius 2 is 1.70 bits per heavy atom. The van der Waals surface area contributed by atoms with Crippen LogP contribution in [0.2, 0.25) is 0 Å². The van der Waals surface area contributed by atoms with Crippen molar-refractivity contribution in [3.05, 3.63) is 35.4 Å². The molecule has 0 aliphatic heterocycles. The third kappa shape index (κ3) is 5.43. The van der Waals surface area contributed by atoms with E-state index < -0.39 is 12.0 Å². The largest absolute Gasteiger partial charge is 0.480 e. The first kappa shape index (κ1) is 16.2. The highest BCUT2D eigenvalue weighted by atomic mass is 16.4. The topological polar surface area (TPSA) is 66.4 Å². The van der Waals surface area contributed by atoms with Crippen molar-refractivity contribution in [2.24, 2.45) is 5.92 Å². The maximum atomic E-state index is 11.9. The molecule has 0 bridgehead atoms. The van der Waals surface area contributed by atoms with Crippen LogP contribution >= 0.6 is 0 Å². The molecule has 0 fully saturated rings. The molecule has 0 unspecified atom stereocenters. The second kappa shape index (κ2) is 7.68. The molecule has 0 aliphatic carbocycles. The molecule has 1 aromatic carbocycles. The number of aryl methyl sites for hydroxylation is 1. The van der Waals surface area contributed by atoms with Gasteiger partial charge in [0, 0.05) is 0 Å². The van der Waals surface area contributed by atoms with Crippen molar-refractivity contribution < 1.29 is 14.7 Å². The van der Waals surface area contributed by atoms with E-state index in [1.807, 2.05) is 38.1 Å². The lowest BCUT2D eigenvalue weighted by molar-refractivity contribution is -0.142. The van der Waals surface area contributed by atoms with E-state index in [4.69, 9.17) is 5.11 Å². The Balaban J connectivity index is 2.58. The van der Waals surface area contributed by atoms with E-state index in [-0.39, 0.29) is 18.2 Å². The van der Waals surface area contributed by atoms with E-state index in [1.165, 1.54) is 5.56 Å². The number of carboxylic acid groups (broad SMARTS) is 1. The maximum Gasteiger partial charge on any atom is 0.326 e. The summed E-state index contributed by atoms with van der Waals surface area (Å²) in [5.41, 5.74) is 2.12. The summed E-state index contributed by atoms with van der Waals surface area (Å²) >= 11 is 0. The number of aliphatic carboxylic acids is 1. The number of nitrogens with one attached hydrogen (secondary N) is 1. The van der Waals surface area contributed by atoms with Gasteiger partial charge in [-0.25, -0.2) is 4.79 Å². The number of rotatable bonds is 7. The molecular formula is C16H23NO3. The molecule has 1 atom stereocenters. The first-order chi connectivity index (χ1) is 9.42. The van der Waals surface area contributed by atoms with Crippen molar-refractivity contribution in [2.45, 2.75) is 46.1 Å². The predicted octanol–water partition coefficient (Wildman–Crippen LogP) is 2.41. The quantitative estimate of drug-likeness (QED) is 0.804. The zero-order valence-electron chi connectivity index (χ0n) is 12.3. The summed E-state index contributed by atoms with van der Waals surface area (Å²) in [5, 5.41) is 11.7. The highest BCUT2D eigenvalue weighted by molar-refractivity contribution is 5.84. The Hall–Kier alpha value is -1.84. The molecule has 4 heteroatoms. The second-order valence-corrected chi connectivity index (χ2v) is 5.43. The van der Waals surface area contributed by atoms with Crippen molar-refractivity contribution >= 4 is 11.9 Å². The normalized spacial score (nSPS) is 12.2. The molecule has 20 heavy (non-hydrogen) atoms. The van der Waals surface area contributed by atoms with Crippen LogP contribution in [-0.2, 0) is 22.4 Å². The van der Waals surface area contributed by atoms with E-state index >= 15 is 0 Å². The summed E-state index contributed by atoms with van der Waals surface area (Å²) in [5.74, 6) is -1.00. The summed E-state index contributed by atoms with van der Waals surface area (Å²) in [6.07, 6.45) is 1.61. The van der Waals surface area contributed by atoms with Crippen LogP contribution in [0.4, 0.5) is 0 Å². The zero-order valence-corrected chi connectivity index (χ0v) is 12.3. The van der Waals surface area contributed by atoms with Gasteiger partial charge < -0.3 is 10.4 Å². The lowest BCUT2D eigenvalue weighted by atomic mass is 10.0. The minimum atomic E-state index is -0.978. The molecule has 1 aromatic rings. The molecule has 0 spiro atoms. The van der Waals surface area contributed by atoms with Crippen molar-refractivity contribution in [2.75, 3.05) is 0 Å². The Kier molecular flexibility index (Phi) is 6.22. The monoisotopic (exact) mass is 277 g/mol. The molecule has 4 nitrogen and oxygen atoms in total. The van der Waals surface area contributed by atoms with E-state index in [0.29, 0.717) is 6.42 Å². The number of hydrogen-bond acceptors (Lipinski definition) is 2. The van der Waals surface area contributed by atoms with Crippen LogP contribution in [0.15, 0.2) is 24.3 Å². The standard InChI is InChI=1S/C16H23NO3/c1-4-12-5-7-13(8-6-12)10-15(18)17-14(16(19)20)9-11(2)3/h5-8,11,14H,4,9-10H2,1-3H3,(H,17,18)(H,19,20)/t14-/m1/s1. The first-order valence-corrected chi connectivity index (χ1v) is 7.02. The second-order valence-electron chi connectivity index (χ2n) is 5.43. The number of amides is 1. The average molecular weight is 277 g/mol. The first-order valence-electron chi connectivity index (χ1n) is 7.02. The minimum absolute atomic E-state index is 0.214. The van der Waals surface area contributed by atoms with Crippen molar-refractivity contribution in [1.29, 1.82) is 0 Å². The number of carbonyl (C=O) groups is 2. The summed E-state index contributed by atoms with van der Waals surface area (Å²) in [6, 6.07) is 7.00. The van der Waals surface area contributed by atoms with Gasteiger partial charge in [-0.1, -0.05) is 45.0 Å². The highest BCUT2D eigenvalue weighted by Crippen LogP contribution is 2.08. The summed E-state index contributed by atoms with van der Waals surface area (Å²) < 4.78 is 0. The van der Waals surface area contributed by atoms with Crippen LogP contribution < -0.4 is 5.32 Å². The molecule has 1 rings (SSSR count). The number of benzene rings is 1. The molecule has 1 amide bonds. The van der Waals surface area contributed by atoms with Crippen LogP contribution in [0.3, 0.4) is 0 Å². The smallest absolute Gasteiger partial charge is 0.326 e. The van der Waals surface area contributed by atoms with Crippen LogP contribution in [0, 0.1) is 5.92 Å². The van der Waals surface area contributed by atoms with Crippen LogP contribution in [0.5, 0.6) is 0 Å². The molecule has 110 valence electrons. The lowest BCUT2D eigenvalue weighted by Gasteiger charge is -2.16. The fourth-order valence-electron chi connectivity index (χ4n) is 2.02. The average Bonchev–Trinajstić information content (AvgIpc) is 2.38. The third-order valence-electron chi connectivity index (χ3n) is 3.14. The molecular weight excluding hydrogens is 254 g/mol. The van der Waals surface area contributed by atoms with E-state index in [2.05, 4.69) is 12.2 Å². The Bertz CT molecular complexity index is 451. The SMILES string of the molecule is CCc1ccc(CC(=O)N[C@H](CC(C)C)C(=O)O)cc1. The lowest BCUT2D eigenvalue weighted by Crippen LogP contribution is -2.42. The Morgan fingerprint density at radius 1 is 1.15 bits per heavy atom. The molecule has 0 aromatic heterocycles. The van der Waals surface area contributed by atoms with Gasteiger partial charge in [0.25, 0.3) is 0 Å². The molecule has 0 saturated carbocycles. The highest BCUT2D eigenvalue weighted by Gasteiger charge is 2.20. The zero-order chi connectivity index (χ0) is 15.1. The third-order valence-corrected chi connectivity index (χ3v) is 3.14. The van der Waals surface area contributed by atoms with Gasteiger partial charge >= 0.3 is 5.97 Å². The summed E-state index contributed by atoms with van der Waals surface area (Å²) in [6.45, 7) is 5.95. The van der Waals surface area contributed by atoms with Crippen molar-refractivity contribution in [3.63, 3.8) is 0 Å². The Morgan fingerprint density at radius 3 is 2.15 bits per heavy atom. The molecule has 0 heterocycles. The fourth-order valence-corrected chi connectivity index (χ4v) is 2.02. The Labute approximate surface area is 120 Å². The van der Waals surface area contributed by atoms with E-state index in [0.717, 1.165) is 12.0 Å². The number of carboxylic acids is 1. The van der Waals surface area contributed by atoms with Crippen LogP contribution in [0.1, 0.15) is 38.3 Å². The predicted molar refractivity (Wildman–Crippen MR) is 78.5 cm³/mol. The minimum Gasteiger partial charge on any atom is -0.480 e. The van der Waals surface area contributed by atoms with Crippen LogP contribution in [-0.4, -0.2) is 23.0 Å². The van der Waals surface area contributed by atoms with Crippen molar-refractivity contribution in [3.8, 4) is 0 Å². The summed E-state index contributed by atoms with van der Waals surface area (Å²) in [7, 11) is 0. The van der Waals surface area contributed by atoms with E-state index in [1.54, 1.807) is 0 Å². The molecule has 0 saturated heterocycles. The molecule has 0 radical (unpaired) electrons. The van der Waals surface area contributed by atoms with Gasteiger partial charge in [0.1, 0.15) is 6.04 Å². The number of carbonyl (C=O) groups excluding carboxylic acids is 1. The summed E-state index contributed by atoms with van der Waals surface area (Å²) in [4.78, 5) is 23.0. The van der Waals surface area contributed by atoms with Gasteiger partial charge in [0.05, 0.1) is 6.42 Å². The van der Waals surface area contributed by atoms with E-state index in [9.17, 15) is 9.59 Å². The maximum absolute atomic E-state index is 11.9. The van der Waals surface area contributed by atoms with Gasteiger partial charge in [0.2, 0.25) is 5.91 Å². The van der Waals surface area contributed by atoms with Gasteiger partial charge in [0.15, 0.2) is 0 Å². The van der Waals surface area contributed by atoms with Crippen LogP contribution in [0.25, 0.3) is 0 Å². The van der Waals surface area contributed by atoms with Gasteiger partial charge in [-0.3, -0.25) is 4.79 Å².